The van der Waals surface area contributed by atoms with Crippen LogP contribution in [0.5, 0.6) is 0 Å². The van der Waals surface area contributed by atoms with Gasteiger partial charge < -0.3 is 14.6 Å². The lowest BCUT2D eigenvalue weighted by molar-refractivity contribution is -0.136. The molecule has 27 heavy (non-hydrogen) atoms. The molecule has 0 radical (unpaired) electrons. The first-order chi connectivity index (χ1) is 13.2. The van der Waals surface area contributed by atoms with Crippen molar-refractivity contribution in [3.05, 3.63) is 24.2 Å². The summed E-state index contributed by atoms with van der Waals surface area (Å²) in [5.41, 5.74) is 0. The van der Waals surface area contributed by atoms with Crippen molar-refractivity contribution in [2.24, 2.45) is 17.8 Å². The molecule has 3 aliphatic rings. The summed E-state index contributed by atoms with van der Waals surface area (Å²) in [6.07, 6.45) is 8.64. The van der Waals surface area contributed by atoms with E-state index in [0.717, 1.165) is 56.6 Å². The topological polar surface area (TPSA) is 65.8 Å². The summed E-state index contributed by atoms with van der Waals surface area (Å²) in [5, 5.41) is 2.89. The second-order valence-corrected chi connectivity index (χ2v) is 8.45. The van der Waals surface area contributed by atoms with E-state index in [9.17, 15) is 9.59 Å². The predicted molar refractivity (Wildman–Crippen MR) is 102 cm³/mol. The minimum absolute atomic E-state index is 0.0137. The number of amides is 2. The van der Waals surface area contributed by atoms with E-state index < -0.39 is 0 Å². The van der Waals surface area contributed by atoms with E-state index in [1.54, 1.807) is 6.26 Å². The Morgan fingerprint density at radius 1 is 1.07 bits per heavy atom. The standard InChI is InChI=1S/C21H31N3O3/c25-20(22-12-19-6-3-11-27-19)15-23-9-7-16(8-10-23)21(26)24-13-17-4-1-2-5-18(17)14-24/h3,6,11,16-18H,1-2,4-5,7-10,12-15H2,(H,22,25). The van der Waals surface area contributed by atoms with Crippen LogP contribution in [0.15, 0.2) is 22.8 Å². The van der Waals surface area contributed by atoms with E-state index in [1.807, 2.05) is 12.1 Å². The Morgan fingerprint density at radius 2 is 1.78 bits per heavy atom. The highest BCUT2D eigenvalue weighted by atomic mass is 16.3. The molecule has 1 N–H and O–H groups in total. The van der Waals surface area contributed by atoms with E-state index >= 15 is 0 Å². The maximum absolute atomic E-state index is 12.9. The Labute approximate surface area is 161 Å². The lowest BCUT2D eigenvalue weighted by atomic mass is 9.82. The summed E-state index contributed by atoms with van der Waals surface area (Å²) in [4.78, 5) is 29.3. The summed E-state index contributed by atoms with van der Waals surface area (Å²) in [7, 11) is 0. The summed E-state index contributed by atoms with van der Waals surface area (Å²) in [6.45, 7) is 4.45. The number of furan rings is 1. The Bertz CT molecular complexity index is 623. The molecule has 148 valence electrons. The van der Waals surface area contributed by atoms with Crippen LogP contribution in [0.25, 0.3) is 0 Å². The molecule has 0 bridgehead atoms. The maximum atomic E-state index is 12.9. The van der Waals surface area contributed by atoms with Gasteiger partial charge in [0.2, 0.25) is 11.8 Å². The number of nitrogens with zero attached hydrogens (tertiary/aromatic N) is 2. The molecule has 2 aliphatic heterocycles. The monoisotopic (exact) mass is 373 g/mol. The fraction of sp³-hybridized carbons (Fsp3) is 0.714. The zero-order valence-corrected chi connectivity index (χ0v) is 16.1. The number of carbonyl (C=O) groups is 2. The van der Waals surface area contributed by atoms with E-state index in [-0.39, 0.29) is 11.8 Å². The van der Waals surface area contributed by atoms with Gasteiger partial charge >= 0.3 is 0 Å². The molecule has 3 fully saturated rings. The molecule has 1 aromatic rings. The van der Waals surface area contributed by atoms with Crippen LogP contribution in [-0.2, 0) is 16.1 Å². The zero-order chi connectivity index (χ0) is 18.6. The first-order valence-corrected chi connectivity index (χ1v) is 10.5. The molecule has 6 heteroatoms. The molecule has 2 unspecified atom stereocenters. The number of piperidine rings is 1. The molecule has 3 heterocycles. The SMILES string of the molecule is O=C(CN1CCC(C(=O)N2CC3CCCCC3C2)CC1)NCc1ccco1. The third-order valence-corrected chi connectivity index (χ3v) is 6.63. The van der Waals surface area contributed by atoms with Gasteiger partial charge in [-0.1, -0.05) is 12.8 Å². The third kappa shape index (κ3) is 4.54. The summed E-state index contributed by atoms with van der Waals surface area (Å²) < 4.78 is 5.23. The molecule has 0 aromatic carbocycles. The molecule has 1 aromatic heterocycles. The van der Waals surface area contributed by atoms with Crippen molar-refractivity contribution in [3.63, 3.8) is 0 Å². The Kier molecular flexibility index (Phi) is 5.81. The highest BCUT2D eigenvalue weighted by Crippen LogP contribution is 2.37. The largest absolute Gasteiger partial charge is 0.467 e. The quantitative estimate of drug-likeness (QED) is 0.860. The molecule has 2 saturated heterocycles. The van der Waals surface area contributed by atoms with Crippen LogP contribution < -0.4 is 5.32 Å². The minimum atomic E-state index is 0.0137. The molecule has 4 rings (SSSR count). The normalized spacial score (nSPS) is 26.7. The zero-order valence-electron chi connectivity index (χ0n) is 16.1. The number of nitrogens with one attached hydrogen (secondary N) is 1. The molecule has 1 saturated carbocycles. The first kappa shape index (κ1) is 18.5. The van der Waals surface area contributed by atoms with Crippen LogP contribution in [0.3, 0.4) is 0 Å². The Hall–Kier alpha value is -1.82. The highest BCUT2D eigenvalue weighted by molar-refractivity contribution is 5.80. The van der Waals surface area contributed by atoms with Gasteiger partial charge in [-0.2, -0.15) is 0 Å². The number of hydrogen-bond donors (Lipinski definition) is 1. The van der Waals surface area contributed by atoms with Crippen LogP contribution >= 0.6 is 0 Å². The van der Waals surface area contributed by atoms with Crippen molar-refractivity contribution in [2.45, 2.75) is 45.1 Å². The lowest BCUT2D eigenvalue weighted by Crippen LogP contribution is -2.45. The minimum Gasteiger partial charge on any atom is -0.467 e. The van der Waals surface area contributed by atoms with Crippen molar-refractivity contribution < 1.29 is 14.0 Å². The van der Waals surface area contributed by atoms with Crippen molar-refractivity contribution in [2.75, 3.05) is 32.7 Å². The molecule has 2 atom stereocenters. The second-order valence-electron chi connectivity index (χ2n) is 8.45. The van der Waals surface area contributed by atoms with Crippen molar-refractivity contribution >= 4 is 11.8 Å². The first-order valence-electron chi connectivity index (χ1n) is 10.5. The van der Waals surface area contributed by atoms with Crippen LogP contribution in [0.2, 0.25) is 0 Å². The van der Waals surface area contributed by atoms with Gasteiger partial charge in [-0.15, -0.1) is 0 Å². The number of carbonyl (C=O) groups excluding carboxylic acids is 2. The van der Waals surface area contributed by atoms with Crippen molar-refractivity contribution in [1.29, 1.82) is 0 Å². The fourth-order valence-corrected chi connectivity index (χ4v) is 5.04. The summed E-state index contributed by atoms with van der Waals surface area (Å²) >= 11 is 0. The number of hydrogen-bond acceptors (Lipinski definition) is 4. The molecular formula is C21H31N3O3. The van der Waals surface area contributed by atoms with E-state index in [2.05, 4.69) is 15.1 Å². The Balaban J connectivity index is 1.18. The Morgan fingerprint density at radius 3 is 2.41 bits per heavy atom. The third-order valence-electron chi connectivity index (χ3n) is 6.63. The maximum Gasteiger partial charge on any atom is 0.234 e. The van der Waals surface area contributed by atoms with Crippen LogP contribution in [0.4, 0.5) is 0 Å². The van der Waals surface area contributed by atoms with Crippen molar-refractivity contribution in [3.8, 4) is 0 Å². The smallest absolute Gasteiger partial charge is 0.234 e. The average molecular weight is 373 g/mol. The second kappa shape index (κ2) is 8.46. The molecule has 0 spiro atoms. The summed E-state index contributed by atoms with van der Waals surface area (Å²) in [5.74, 6) is 2.79. The van der Waals surface area contributed by atoms with Gasteiger partial charge in [-0.3, -0.25) is 14.5 Å². The number of likely N-dealkylation sites (tertiary alicyclic amines) is 2. The fourth-order valence-electron chi connectivity index (χ4n) is 5.04. The van der Waals surface area contributed by atoms with Gasteiger partial charge in [0.25, 0.3) is 0 Å². The van der Waals surface area contributed by atoms with E-state index in [4.69, 9.17) is 4.42 Å². The number of fused-ring (bicyclic) bond motifs is 1. The van der Waals surface area contributed by atoms with Gasteiger partial charge in [0.05, 0.1) is 19.4 Å². The lowest BCUT2D eigenvalue weighted by Gasteiger charge is -2.32. The van der Waals surface area contributed by atoms with Crippen LogP contribution in [0.1, 0.15) is 44.3 Å². The van der Waals surface area contributed by atoms with E-state index in [0.29, 0.717) is 19.0 Å². The summed E-state index contributed by atoms with van der Waals surface area (Å²) in [6, 6.07) is 3.67. The van der Waals surface area contributed by atoms with Crippen molar-refractivity contribution in [1.82, 2.24) is 15.1 Å². The van der Waals surface area contributed by atoms with Crippen LogP contribution in [-0.4, -0.2) is 54.3 Å². The molecular weight excluding hydrogens is 342 g/mol. The van der Waals surface area contributed by atoms with Crippen LogP contribution in [0, 0.1) is 17.8 Å². The van der Waals surface area contributed by atoms with Gasteiger partial charge in [-0.05, 0) is 62.7 Å². The van der Waals surface area contributed by atoms with Gasteiger partial charge in [0.15, 0.2) is 0 Å². The molecule has 6 nitrogen and oxygen atoms in total. The van der Waals surface area contributed by atoms with Gasteiger partial charge in [0.1, 0.15) is 5.76 Å². The average Bonchev–Trinajstić information content (AvgIpc) is 3.36. The predicted octanol–water partition coefficient (Wildman–Crippen LogP) is 2.26. The van der Waals surface area contributed by atoms with Gasteiger partial charge in [0, 0.05) is 19.0 Å². The number of rotatable bonds is 5. The molecule has 1 aliphatic carbocycles. The highest BCUT2D eigenvalue weighted by Gasteiger charge is 2.39. The van der Waals surface area contributed by atoms with E-state index in [1.165, 1.54) is 25.7 Å². The molecule has 2 amide bonds. The van der Waals surface area contributed by atoms with Gasteiger partial charge in [-0.25, -0.2) is 0 Å².